The van der Waals surface area contributed by atoms with E-state index in [0.717, 1.165) is 18.4 Å². The summed E-state index contributed by atoms with van der Waals surface area (Å²) in [6.45, 7) is 0.643. The number of hydrogen-bond acceptors (Lipinski definition) is 2. The Morgan fingerprint density at radius 3 is 2.44 bits per heavy atom. The van der Waals surface area contributed by atoms with E-state index in [2.05, 4.69) is 0 Å². The van der Waals surface area contributed by atoms with E-state index in [1.54, 1.807) is 4.90 Å². The Hall–Kier alpha value is -1.64. The fraction of sp³-hybridized carbons (Fsp3) is 0.467. The Bertz CT molecular complexity index is 417. The lowest BCUT2D eigenvalue weighted by molar-refractivity contribution is -0.136. The van der Waals surface area contributed by atoms with E-state index in [9.17, 15) is 9.59 Å². The number of carbonyl (C=O) groups excluding carboxylic acids is 2. The average molecular weight is 245 g/mol. The second-order valence-electron chi connectivity index (χ2n) is 4.99. The van der Waals surface area contributed by atoms with Crippen molar-refractivity contribution >= 4 is 11.7 Å². The highest BCUT2D eigenvalue weighted by Crippen LogP contribution is 2.23. The second-order valence-corrected chi connectivity index (χ2v) is 4.99. The van der Waals surface area contributed by atoms with Crippen LogP contribution in [0.2, 0.25) is 0 Å². The first-order valence-corrected chi connectivity index (χ1v) is 6.47. The number of rotatable bonds is 3. The highest BCUT2D eigenvalue weighted by molar-refractivity contribution is 5.84. The Balaban J connectivity index is 1.91. The SMILES string of the molecule is CN(Cc1ccccc1)C(=O)C1CCC(=O)CC1. The van der Waals surface area contributed by atoms with Gasteiger partial charge in [-0.1, -0.05) is 30.3 Å². The molecule has 1 fully saturated rings. The highest BCUT2D eigenvalue weighted by Gasteiger charge is 2.26. The molecule has 2 rings (SSSR count). The third kappa shape index (κ3) is 3.19. The molecule has 1 amide bonds. The molecule has 0 bridgehead atoms. The van der Waals surface area contributed by atoms with Crippen LogP contribution in [0.4, 0.5) is 0 Å². The normalized spacial score (nSPS) is 16.6. The predicted octanol–water partition coefficient (Wildman–Crippen LogP) is 2.40. The molecule has 0 saturated heterocycles. The number of hydrogen-bond donors (Lipinski definition) is 0. The van der Waals surface area contributed by atoms with Crippen LogP contribution in [-0.4, -0.2) is 23.6 Å². The molecule has 1 aromatic carbocycles. The minimum absolute atomic E-state index is 0.0383. The summed E-state index contributed by atoms with van der Waals surface area (Å²) in [7, 11) is 1.84. The standard InChI is InChI=1S/C15H19NO2/c1-16(11-12-5-3-2-4-6-12)15(18)13-7-9-14(17)10-8-13/h2-6,13H,7-11H2,1H3. The van der Waals surface area contributed by atoms with E-state index in [-0.39, 0.29) is 11.8 Å². The highest BCUT2D eigenvalue weighted by atomic mass is 16.2. The first-order valence-electron chi connectivity index (χ1n) is 6.47. The van der Waals surface area contributed by atoms with Gasteiger partial charge in [-0.15, -0.1) is 0 Å². The maximum absolute atomic E-state index is 12.2. The molecule has 96 valence electrons. The van der Waals surface area contributed by atoms with Crippen LogP contribution in [-0.2, 0) is 16.1 Å². The van der Waals surface area contributed by atoms with Crippen LogP contribution in [0.3, 0.4) is 0 Å². The van der Waals surface area contributed by atoms with Gasteiger partial charge in [-0.05, 0) is 18.4 Å². The quantitative estimate of drug-likeness (QED) is 0.820. The van der Waals surface area contributed by atoms with Crippen LogP contribution in [0.1, 0.15) is 31.2 Å². The van der Waals surface area contributed by atoms with Crippen molar-refractivity contribution in [1.82, 2.24) is 4.90 Å². The predicted molar refractivity (Wildman–Crippen MR) is 69.9 cm³/mol. The second kappa shape index (κ2) is 5.80. The molecule has 1 aliphatic rings. The van der Waals surface area contributed by atoms with Crippen LogP contribution in [0.15, 0.2) is 30.3 Å². The lowest BCUT2D eigenvalue weighted by Crippen LogP contribution is -2.34. The maximum atomic E-state index is 12.2. The lowest BCUT2D eigenvalue weighted by atomic mass is 9.87. The molecule has 1 aliphatic carbocycles. The summed E-state index contributed by atoms with van der Waals surface area (Å²) < 4.78 is 0. The first-order chi connectivity index (χ1) is 8.66. The van der Waals surface area contributed by atoms with E-state index < -0.39 is 0 Å². The molecule has 0 aromatic heterocycles. The van der Waals surface area contributed by atoms with Gasteiger partial charge < -0.3 is 4.90 Å². The average Bonchev–Trinajstić information content (AvgIpc) is 2.40. The monoisotopic (exact) mass is 245 g/mol. The fourth-order valence-corrected chi connectivity index (χ4v) is 2.43. The molecule has 1 aromatic rings. The van der Waals surface area contributed by atoms with Gasteiger partial charge in [-0.3, -0.25) is 9.59 Å². The lowest BCUT2D eigenvalue weighted by Gasteiger charge is -2.26. The van der Waals surface area contributed by atoms with Gasteiger partial charge in [0, 0.05) is 32.4 Å². The van der Waals surface area contributed by atoms with Crippen molar-refractivity contribution in [3.8, 4) is 0 Å². The Morgan fingerprint density at radius 2 is 1.83 bits per heavy atom. The van der Waals surface area contributed by atoms with Crippen LogP contribution < -0.4 is 0 Å². The van der Waals surface area contributed by atoms with E-state index in [1.165, 1.54) is 0 Å². The van der Waals surface area contributed by atoms with Gasteiger partial charge in [0.2, 0.25) is 5.91 Å². The van der Waals surface area contributed by atoms with Gasteiger partial charge in [0.05, 0.1) is 0 Å². The van der Waals surface area contributed by atoms with Crippen molar-refractivity contribution in [3.05, 3.63) is 35.9 Å². The van der Waals surface area contributed by atoms with E-state index in [4.69, 9.17) is 0 Å². The van der Waals surface area contributed by atoms with Crippen LogP contribution in [0.5, 0.6) is 0 Å². The molecule has 0 unspecified atom stereocenters. The zero-order valence-corrected chi connectivity index (χ0v) is 10.8. The third-order valence-electron chi connectivity index (χ3n) is 3.53. The van der Waals surface area contributed by atoms with Crippen molar-refractivity contribution < 1.29 is 9.59 Å². The minimum atomic E-state index is 0.0383. The zero-order chi connectivity index (χ0) is 13.0. The van der Waals surface area contributed by atoms with E-state index in [0.29, 0.717) is 25.2 Å². The Labute approximate surface area is 108 Å². The van der Waals surface area contributed by atoms with Crippen molar-refractivity contribution in [2.75, 3.05) is 7.05 Å². The minimum Gasteiger partial charge on any atom is -0.341 e. The van der Waals surface area contributed by atoms with Crippen LogP contribution >= 0.6 is 0 Å². The molecule has 0 spiro atoms. The molecule has 1 saturated carbocycles. The van der Waals surface area contributed by atoms with Crippen molar-refractivity contribution in [2.45, 2.75) is 32.2 Å². The summed E-state index contributed by atoms with van der Waals surface area (Å²) in [5.74, 6) is 0.507. The fourth-order valence-electron chi connectivity index (χ4n) is 2.43. The molecular formula is C15H19NO2. The number of carbonyl (C=O) groups is 2. The summed E-state index contributed by atoms with van der Waals surface area (Å²) in [6, 6.07) is 9.97. The molecule has 0 radical (unpaired) electrons. The summed E-state index contributed by atoms with van der Waals surface area (Å²) in [5, 5.41) is 0. The zero-order valence-electron chi connectivity index (χ0n) is 10.8. The number of benzene rings is 1. The molecular weight excluding hydrogens is 226 g/mol. The van der Waals surface area contributed by atoms with Crippen molar-refractivity contribution in [3.63, 3.8) is 0 Å². The third-order valence-corrected chi connectivity index (χ3v) is 3.53. The first kappa shape index (κ1) is 12.8. The summed E-state index contributed by atoms with van der Waals surface area (Å²) in [5.41, 5.74) is 1.14. The molecule has 3 nitrogen and oxygen atoms in total. The molecule has 0 atom stereocenters. The maximum Gasteiger partial charge on any atom is 0.225 e. The van der Waals surface area contributed by atoms with Gasteiger partial charge in [0.15, 0.2) is 0 Å². The van der Waals surface area contributed by atoms with Crippen molar-refractivity contribution in [1.29, 1.82) is 0 Å². The van der Waals surface area contributed by atoms with E-state index >= 15 is 0 Å². The summed E-state index contributed by atoms with van der Waals surface area (Å²) in [4.78, 5) is 25.2. The Morgan fingerprint density at radius 1 is 1.22 bits per heavy atom. The van der Waals surface area contributed by atoms with Gasteiger partial charge in [0.1, 0.15) is 5.78 Å². The summed E-state index contributed by atoms with van der Waals surface area (Å²) >= 11 is 0. The van der Waals surface area contributed by atoms with Gasteiger partial charge >= 0.3 is 0 Å². The molecule has 0 N–H and O–H groups in total. The number of amides is 1. The van der Waals surface area contributed by atoms with Gasteiger partial charge in [-0.25, -0.2) is 0 Å². The van der Waals surface area contributed by atoms with Crippen LogP contribution in [0, 0.1) is 5.92 Å². The smallest absolute Gasteiger partial charge is 0.225 e. The molecule has 0 aliphatic heterocycles. The molecule has 3 heteroatoms. The van der Waals surface area contributed by atoms with Gasteiger partial charge in [0.25, 0.3) is 0 Å². The topological polar surface area (TPSA) is 37.4 Å². The molecule has 18 heavy (non-hydrogen) atoms. The largest absolute Gasteiger partial charge is 0.341 e. The number of ketones is 1. The van der Waals surface area contributed by atoms with E-state index in [1.807, 2.05) is 37.4 Å². The van der Waals surface area contributed by atoms with Gasteiger partial charge in [-0.2, -0.15) is 0 Å². The number of nitrogens with zero attached hydrogens (tertiary/aromatic N) is 1. The molecule has 0 heterocycles. The summed E-state index contributed by atoms with van der Waals surface area (Å²) in [6.07, 6.45) is 2.57. The number of Topliss-reactive ketones (excluding diaryl/α,β-unsaturated/α-hetero) is 1. The Kier molecular flexibility index (Phi) is 4.13. The van der Waals surface area contributed by atoms with Crippen LogP contribution in [0.25, 0.3) is 0 Å². The van der Waals surface area contributed by atoms with Crippen molar-refractivity contribution in [2.24, 2.45) is 5.92 Å².